The van der Waals surface area contributed by atoms with Crippen LogP contribution in [0.5, 0.6) is 0 Å². The Morgan fingerprint density at radius 1 is 1.07 bits per heavy atom. The van der Waals surface area contributed by atoms with Crippen molar-refractivity contribution < 1.29 is 34.8 Å². The zero-order valence-electron chi connectivity index (χ0n) is 16.2. The van der Waals surface area contributed by atoms with Crippen LogP contribution in [0.25, 0.3) is 0 Å². The van der Waals surface area contributed by atoms with Crippen molar-refractivity contribution in [2.75, 3.05) is 26.2 Å². The molecule has 6 N–H and O–H groups in total. The summed E-state index contributed by atoms with van der Waals surface area (Å²) in [6, 6.07) is 0. The first kappa shape index (κ1) is 24.5. The number of rotatable bonds is 10. The van der Waals surface area contributed by atoms with E-state index in [9.17, 15) is 14.4 Å². The molecule has 29 heavy (non-hydrogen) atoms. The van der Waals surface area contributed by atoms with Gasteiger partial charge in [-0.15, -0.1) is 5.10 Å². The summed E-state index contributed by atoms with van der Waals surface area (Å²) in [6.45, 7) is 5.40. The first-order chi connectivity index (χ1) is 13.7. The third-order valence-electron chi connectivity index (χ3n) is 4.66. The van der Waals surface area contributed by atoms with Crippen molar-refractivity contribution in [2.24, 2.45) is 11.7 Å². The molecule has 0 atom stereocenters. The maximum Gasteiger partial charge on any atom is 0.336 e. The molecular formula is C17H29N5O7. The number of nitrogens with zero attached hydrogens (tertiary/aromatic N) is 4. The Morgan fingerprint density at radius 2 is 1.66 bits per heavy atom. The minimum absolute atomic E-state index is 0.756. The normalized spacial score (nSPS) is 15.4. The summed E-state index contributed by atoms with van der Waals surface area (Å²) in [5.74, 6) is -4.26. The summed E-state index contributed by atoms with van der Waals surface area (Å²) >= 11 is 0. The van der Waals surface area contributed by atoms with E-state index in [0.717, 1.165) is 32.0 Å². The largest absolute Gasteiger partial charge is 0.481 e. The quantitative estimate of drug-likeness (QED) is 0.318. The lowest BCUT2D eigenvalue weighted by Crippen LogP contribution is -2.42. The minimum atomic E-state index is -2.74. The van der Waals surface area contributed by atoms with Gasteiger partial charge >= 0.3 is 17.9 Å². The number of hydrogen-bond donors (Lipinski definition) is 5. The van der Waals surface area contributed by atoms with Crippen LogP contribution >= 0.6 is 0 Å². The van der Waals surface area contributed by atoms with Crippen molar-refractivity contribution in [3.05, 3.63) is 12.4 Å². The molecule has 0 spiro atoms. The molecule has 0 saturated carbocycles. The van der Waals surface area contributed by atoms with E-state index in [1.54, 1.807) is 6.20 Å². The van der Waals surface area contributed by atoms with Crippen LogP contribution in [0.15, 0.2) is 12.4 Å². The summed E-state index contributed by atoms with van der Waals surface area (Å²) in [4.78, 5) is 33.0. The van der Waals surface area contributed by atoms with E-state index < -0.39 is 36.4 Å². The SMILES string of the molecule is NCC1CCN(CCCn2ccnn2)CC1.O=C(O)CC(O)(CC(=O)O)C(=O)O. The first-order valence-corrected chi connectivity index (χ1v) is 9.32. The molecule has 2 heterocycles. The lowest BCUT2D eigenvalue weighted by Gasteiger charge is -2.31. The van der Waals surface area contributed by atoms with E-state index in [2.05, 4.69) is 15.2 Å². The van der Waals surface area contributed by atoms with E-state index >= 15 is 0 Å². The van der Waals surface area contributed by atoms with Gasteiger partial charge < -0.3 is 31.1 Å². The number of carboxylic acids is 3. The number of carbonyl (C=O) groups is 3. The van der Waals surface area contributed by atoms with Crippen LogP contribution in [-0.2, 0) is 20.9 Å². The van der Waals surface area contributed by atoms with E-state index in [4.69, 9.17) is 26.2 Å². The Morgan fingerprint density at radius 3 is 2.07 bits per heavy atom. The second-order valence-corrected chi connectivity index (χ2v) is 7.02. The number of aryl methyl sites for hydroxylation is 1. The first-order valence-electron chi connectivity index (χ1n) is 9.32. The molecule has 12 nitrogen and oxygen atoms in total. The Balaban J connectivity index is 0.000000298. The van der Waals surface area contributed by atoms with Crippen molar-refractivity contribution in [3.63, 3.8) is 0 Å². The fourth-order valence-corrected chi connectivity index (χ4v) is 2.97. The molecule has 1 fully saturated rings. The second-order valence-electron chi connectivity index (χ2n) is 7.02. The monoisotopic (exact) mass is 415 g/mol. The van der Waals surface area contributed by atoms with E-state index in [0.29, 0.717) is 0 Å². The van der Waals surface area contributed by atoms with E-state index in [1.165, 1.54) is 25.9 Å². The molecule has 0 aliphatic carbocycles. The molecule has 1 aromatic heterocycles. The zero-order valence-corrected chi connectivity index (χ0v) is 16.2. The minimum Gasteiger partial charge on any atom is -0.481 e. The number of likely N-dealkylation sites (tertiary alicyclic amines) is 1. The number of piperidine rings is 1. The molecule has 0 unspecified atom stereocenters. The van der Waals surface area contributed by atoms with Gasteiger partial charge in [0.2, 0.25) is 0 Å². The molecule has 1 aromatic rings. The lowest BCUT2D eigenvalue weighted by atomic mass is 9.96. The fourth-order valence-electron chi connectivity index (χ4n) is 2.97. The molecule has 2 rings (SSSR count). The topological polar surface area (TPSA) is 192 Å². The van der Waals surface area contributed by atoms with Crippen molar-refractivity contribution >= 4 is 17.9 Å². The number of hydrogen-bond acceptors (Lipinski definition) is 8. The van der Waals surface area contributed by atoms with Gasteiger partial charge in [0, 0.05) is 12.7 Å². The van der Waals surface area contributed by atoms with Crippen molar-refractivity contribution in [1.29, 1.82) is 0 Å². The molecule has 0 radical (unpaired) electrons. The van der Waals surface area contributed by atoms with Crippen LogP contribution in [0, 0.1) is 5.92 Å². The highest BCUT2D eigenvalue weighted by atomic mass is 16.4. The molecule has 0 aromatic carbocycles. The summed E-state index contributed by atoms with van der Waals surface area (Å²) in [6.07, 6.45) is 5.03. The molecule has 164 valence electrons. The second kappa shape index (κ2) is 12.1. The lowest BCUT2D eigenvalue weighted by molar-refractivity contribution is -0.170. The summed E-state index contributed by atoms with van der Waals surface area (Å²) in [5.41, 5.74) is 2.94. The van der Waals surface area contributed by atoms with Crippen molar-refractivity contribution in [3.8, 4) is 0 Å². The molecular weight excluding hydrogens is 386 g/mol. The van der Waals surface area contributed by atoms with Crippen LogP contribution in [0.2, 0.25) is 0 Å². The van der Waals surface area contributed by atoms with Gasteiger partial charge in [0.1, 0.15) is 0 Å². The van der Waals surface area contributed by atoms with Gasteiger partial charge in [-0.1, -0.05) is 5.21 Å². The van der Waals surface area contributed by atoms with E-state index in [-0.39, 0.29) is 0 Å². The molecule has 1 aliphatic rings. The number of nitrogens with two attached hydrogens (primary N) is 1. The number of aliphatic hydroxyl groups is 1. The summed E-state index contributed by atoms with van der Waals surface area (Å²) in [5, 5.41) is 41.6. The highest BCUT2D eigenvalue weighted by Crippen LogP contribution is 2.16. The van der Waals surface area contributed by atoms with Crippen LogP contribution < -0.4 is 5.73 Å². The third-order valence-corrected chi connectivity index (χ3v) is 4.66. The Bertz CT molecular complexity index is 629. The maximum absolute atomic E-state index is 10.3. The predicted molar refractivity (Wildman–Crippen MR) is 99.9 cm³/mol. The standard InChI is InChI=1S/C11H21N5.C6H8O7/c12-10-11-2-7-15(8-3-11)5-1-6-16-9-4-13-14-16;7-3(8)1-6(13,5(11)12)2-4(9)10/h4,9,11H,1-3,5-8,10,12H2;13H,1-2H2,(H,7,8)(H,9,10)(H,11,12). The van der Waals surface area contributed by atoms with Crippen LogP contribution in [0.3, 0.4) is 0 Å². The zero-order chi connectivity index (χ0) is 21.9. The summed E-state index contributed by atoms with van der Waals surface area (Å²) in [7, 11) is 0. The smallest absolute Gasteiger partial charge is 0.336 e. The fraction of sp³-hybridized carbons (Fsp3) is 0.706. The molecule has 1 saturated heterocycles. The maximum atomic E-state index is 10.3. The molecule has 0 amide bonds. The average molecular weight is 415 g/mol. The Labute approximate surface area is 167 Å². The van der Waals surface area contributed by atoms with Crippen LogP contribution in [-0.4, -0.2) is 90.0 Å². The molecule has 12 heteroatoms. The third kappa shape index (κ3) is 9.45. The van der Waals surface area contributed by atoms with Gasteiger partial charge in [0.15, 0.2) is 5.60 Å². The Kier molecular flexibility index (Phi) is 10.2. The molecule has 1 aliphatic heterocycles. The van der Waals surface area contributed by atoms with Crippen molar-refractivity contribution in [2.45, 2.75) is 44.2 Å². The van der Waals surface area contributed by atoms with Crippen LogP contribution in [0.1, 0.15) is 32.1 Å². The van der Waals surface area contributed by atoms with Crippen molar-refractivity contribution in [1.82, 2.24) is 19.9 Å². The summed E-state index contributed by atoms with van der Waals surface area (Å²) < 4.78 is 1.90. The highest BCUT2D eigenvalue weighted by molar-refractivity contribution is 5.88. The predicted octanol–water partition coefficient (Wildman–Crippen LogP) is -0.910. The van der Waals surface area contributed by atoms with Gasteiger partial charge in [-0.25, -0.2) is 4.79 Å². The van der Waals surface area contributed by atoms with Gasteiger partial charge in [-0.05, 0) is 51.4 Å². The Hall–Kier alpha value is -2.57. The number of aliphatic carboxylic acids is 3. The van der Waals surface area contributed by atoms with Crippen LogP contribution in [0.4, 0.5) is 0 Å². The van der Waals surface area contributed by atoms with Gasteiger partial charge in [-0.2, -0.15) is 0 Å². The van der Waals surface area contributed by atoms with Gasteiger partial charge in [-0.3, -0.25) is 14.3 Å². The average Bonchev–Trinajstić information content (AvgIpc) is 3.15. The van der Waals surface area contributed by atoms with Gasteiger partial charge in [0.05, 0.1) is 19.0 Å². The van der Waals surface area contributed by atoms with E-state index in [1.807, 2.05) is 10.9 Å². The number of carboxylic acid groups (broad SMARTS) is 3. The highest BCUT2D eigenvalue weighted by Gasteiger charge is 2.40. The number of aromatic nitrogens is 3. The molecule has 0 bridgehead atoms. The van der Waals surface area contributed by atoms with Gasteiger partial charge in [0.25, 0.3) is 0 Å².